The molecule has 3 aliphatic rings. The number of aliphatic carboxylic acids is 1. The van der Waals surface area contributed by atoms with Gasteiger partial charge in [0, 0.05) is 6.04 Å². The number of fused-ring (bicyclic) bond motifs is 3. The van der Waals surface area contributed by atoms with E-state index >= 15 is 0 Å². The second-order valence-corrected chi connectivity index (χ2v) is 6.71. The van der Waals surface area contributed by atoms with Crippen LogP contribution in [0.4, 0.5) is 4.79 Å². The number of ether oxygens (including phenoxy) is 1. The highest BCUT2D eigenvalue weighted by Crippen LogP contribution is 2.45. The Morgan fingerprint density at radius 3 is 2.11 bits per heavy atom. The van der Waals surface area contributed by atoms with E-state index < -0.39 is 23.6 Å². The van der Waals surface area contributed by atoms with Crippen molar-refractivity contribution in [2.45, 2.75) is 58.1 Å². The lowest BCUT2D eigenvalue weighted by Gasteiger charge is -2.46. The Kier molecular flexibility index (Phi) is 3.74. The second kappa shape index (κ2) is 5.02. The van der Waals surface area contributed by atoms with Crippen molar-refractivity contribution >= 4 is 12.1 Å². The zero-order chi connectivity index (χ0) is 14.2. The fourth-order valence-electron chi connectivity index (χ4n) is 3.46. The number of nitrogens with one attached hydrogen (secondary N) is 1. The Labute approximate surface area is 113 Å². The molecule has 0 aromatic rings. The van der Waals surface area contributed by atoms with Crippen molar-refractivity contribution in [2.24, 2.45) is 17.8 Å². The molecule has 0 aromatic carbocycles. The molecule has 2 atom stereocenters. The van der Waals surface area contributed by atoms with Gasteiger partial charge in [0.2, 0.25) is 0 Å². The molecule has 3 saturated carbocycles. The van der Waals surface area contributed by atoms with E-state index in [1.165, 1.54) is 0 Å². The number of rotatable bonds is 2. The molecule has 0 spiro atoms. The summed E-state index contributed by atoms with van der Waals surface area (Å²) in [5.41, 5.74) is -0.559. The third-order valence-corrected chi connectivity index (χ3v) is 4.19. The zero-order valence-electron chi connectivity index (χ0n) is 11.8. The van der Waals surface area contributed by atoms with Gasteiger partial charge >= 0.3 is 12.1 Å². The summed E-state index contributed by atoms with van der Waals surface area (Å²) in [5.74, 6) is -0.781. The predicted molar refractivity (Wildman–Crippen MR) is 69.7 cm³/mol. The van der Waals surface area contributed by atoms with Gasteiger partial charge in [-0.25, -0.2) is 4.79 Å². The van der Waals surface area contributed by atoms with E-state index in [4.69, 9.17) is 4.74 Å². The van der Waals surface area contributed by atoms with Crippen molar-refractivity contribution in [1.29, 1.82) is 0 Å². The van der Waals surface area contributed by atoms with Crippen molar-refractivity contribution < 1.29 is 19.4 Å². The number of carboxylic acids is 1. The van der Waals surface area contributed by atoms with Crippen LogP contribution in [0, 0.1) is 17.8 Å². The molecule has 5 nitrogen and oxygen atoms in total. The fourth-order valence-corrected chi connectivity index (χ4v) is 3.46. The van der Waals surface area contributed by atoms with Crippen LogP contribution in [0.5, 0.6) is 0 Å². The van der Waals surface area contributed by atoms with E-state index in [2.05, 4.69) is 5.32 Å². The van der Waals surface area contributed by atoms with Crippen molar-refractivity contribution in [1.82, 2.24) is 5.32 Å². The number of carbonyl (C=O) groups is 2. The minimum absolute atomic E-state index is 0.197. The molecule has 0 aromatic heterocycles. The topological polar surface area (TPSA) is 75.6 Å². The summed E-state index contributed by atoms with van der Waals surface area (Å²) in [7, 11) is 0. The molecule has 1 amide bonds. The number of amides is 1. The highest BCUT2D eigenvalue weighted by atomic mass is 16.6. The van der Waals surface area contributed by atoms with E-state index in [-0.39, 0.29) is 17.9 Å². The summed E-state index contributed by atoms with van der Waals surface area (Å²) in [4.78, 5) is 23.3. The Bertz CT molecular complexity index is 366. The first-order chi connectivity index (χ1) is 8.78. The first-order valence-electron chi connectivity index (χ1n) is 7.00. The number of carbonyl (C=O) groups excluding carboxylic acids is 1. The largest absolute Gasteiger partial charge is 0.481 e. The van der Waals surface area contributed by atoms with Crippen LogP contribution in [0.3, 0.4) is 0 Å². The molecular formula is C14H23NO4. The molecule has 108 valence electrons. The minimum atomic E-state index is -0.796. The van der Waals surface area contributed by atoms with E-state index in [0.29, 0.717) is 0 Å². The number of hydrogen-bond donors (Lipinski definition) is 2. The lowest BCUT2D eigenvalue weighted by Crippen LogP contribution is -2.56. The maximum Gasteiger partial charge on any atom is 0.407 e. The van der Waals surface area contributed by atoms with Crippen molar-refractivity contribution in [2.75, 3.05) is 0 Å². The first kappa shape index (κ1) is 14.2. The molecule has 2 unspecified atom stereocenters. The molecule has 0 aliphatic heterocycles. The van der Waals surface area contributed by atoms with Crippen LogP contribution in [-0.4, -0.2) is 28.8 Å². The van der Waals surface area contributed by atoms with Crippen molar-refractivity contribution in [3.05, 3.63) is 0 Å². The molecule has 0 radical (unpaired) electrons. The van der Waals surface area contributed by atoms with Crippen LogP contribution in [0.15, 0.2) is 0 Å². The SMILES string of the molecule is CC(C)(C)OC(=O)NC1C2CCC(CC2)C1C(=O)O. The van der Waals surface area contributed by atoms with Crippen LogP contribution < -0.4 is 5.32 Å². The zero-order valence-corrected chi connectivity index (χ0v) is 11.8. The Morgan fingerprint density at radius 1 is 1.11 bits per heavy atom. The van der Waals surface area contributed by atoms with Gasteiger partial charge in [0.1, 0.15) is 5.60 Å². The standard InChI is InChI=1S/C14H23NO4/c1-14(2,3)19-13(18)15-11-9-6-4-8(5-7-9)10(11)12(16)17/h8-11H,4-7H2,1-3H3,(H,15,18)(H,16,17). The summed E-state index contributed by atoms with van der Waals surface area (Å²) in [6.07, 6.45) is 3.45. The number of carboxylic acid groups (broad SMARTS) is 1. The third kappa shape index (κ3) is 3.19. The van der Waals surface area contributed by atoms with Gasteiger partial charge in [-0.2, -0.15) is 0 Å². The highest BCUT2D eigenvalue weighted by molar-refractivity contribution is 5.74. The first-order valence-corrected chi connectivity index (χ1v) is 7.00. The molecular weight excluding hydrogens is 246 g/mol. The third-order valence-electron chi connectivity index (χ3n) is 4.19. The van der Waals surface area contributed by atoms with E-state index in [9.17, 15) is 14.7 Å². The monoisotopic (exact) mass is 269 g/mol. The van der Waals surface area contributed by atoms with Gasteiger partial charge in [0.05, 0.1) is 5.92 Å². The molecule has 3 fully saturated rings. The van der Waals surface area contributed by atoms with Crippen LogP contribution in [0.1, 0.15) is 46.5 Å². The summed E-state index contributed by atoms with van der Waals surface area (Å²) in [6.45, 7) is 5.40. The van der Waals surface area contributed by atoms with Crippen LogP contribution in [0.2, 0.25) is 0 Å². The maximum absolute atomic E-state index is 11.8. The number of hydrogen-bond acceptors (Lipinski definition) is 3. The molecule has 0 saturated heterocycles. The van der Waals surface area contributed by atoms with Crippen molar-refractivity contribution in [3.63, 3.8) is 0 Å². The quantitative estimate of drug-likeness (QED) is 0.807. The molecule has 3 rings (SSSR count). The van der Waals surface area contributed by atoms with Crippen molar-refractivity contribution in [3.8, 4) is 0 Å². The molecule has 5 heteroatoms. The summed E-state index contributed by atoms with van der Waals surface area (Å²) >= 11 is 0. The smallest absolute Gasteiger partial charge is 0.407 e. The fraction of sp³-hybridized carbons (Fsp3) is 0.857. The summed E-state index contributed by atoms with van der Waals surface area (Å²) in [6, 6.07) is -0.278. The lowest BCUT2D eigenvalue weighted by atomic mass is 9.61. The van der Waals surface area contributed by atoms with E-state index in [1.54, 1.807) is 20.8 Å². The van der Waals surface area contributed by atoms with Gasteiger partial charge in [-0.3, -0.25) is 4.79 Å². The Morgan fingerprint density at radius 2 is 1.63 bits per heavy atom. The summed E-state index contributed by atoms with van der Waals surface area (Å²) in [5, 5.41) is 12.2. The Hall–Kier alpha value is -1.26. The molecule has 19 heavy (non-hydrogen) atoms. The molecule has 3 aliphatic carbocycles. The van der Waals surface area contributed by atoms with E-state index in [0.717, 1.165) is 25.7 Å². The molecule has 0 heterocycles. The van der Waals surface area contributed by atoms with E-state index in [1.807, 2.05) is 0 Å². The predicted octanol–water partition coefficient (Wildman–Crippen LogP) is 2.40. The molecule has 2 bridgehead atoms. The van der Waals surface area contributed by atoms with Crippen LogP contribution in [-0.2, 0) is 9.53 Å². The van der Waals surface area contributed by atoms with Gasteiger partial charge in [-0.15, -0.1) is 0 Å². The second-order valence-electron chi connectivity index (χ2n) is 6.71. The normalized spacial score (nSPS) is 33.8. The van der Waals surface area contributed by atoms with Gasteiger partial charge in [-0.05, 0) is 58.3 Å². The van der Waals surface area contributed by atoms with Gasteiger partial charge in [-0.1, -0.05) is 0 Å². The minimum Gasteiger partial charge on any atom is -0.481 e. The van der Waals surface area contributed by atoms with Crippen LogP contribution in [0.25, 0.3) is 0 Å². The maximum atomic E-state index is 11.8. The highest BCUT2D eigenvalue weighted by Gasteiger charge is 2.48. The average Bonchev–Trinajstić information content (AvgIpc) is 2.27. The van der Waals surface area contributed by atoms with Gasteiger partial charge in [0.25, 0.3) is 0 Å². The number of alkyl carbamates (subject to hydrolysis) is 1. The molecule has 2 N–H and O–H groups in total. The lowest BCUT2D eigenvalue weighted by molar-refractivity contribution is -0.149. The van der Waals surface area contributed by atoms with Gasteiger partial charge < -0.3 is 15.2 Å². The van der Waals surface area contributed by atoms with Gasteiger partial charge in [0.15, 0.2) is 0 Å². The average molecular weight is 269 g/mol. The summed E-state index contributed by atoms with van der Waals surface area (Å²) < 4.78 is 5.23. The van der Waals surface area contributed by atoms with Crippen LogP contribution >= 0.6 is 0 Å². The Balaban J connectivity index is 2.05.